The third-order valence-corrected chi connectivity index (χ3v) is 4.59. The molecule has 1 saturated carbocycles. The zero-order valence-corrected chi connectivity index (χ0v) is 11.5. The van der Waals surface area contributed by atoms with Crippen molar-refractivity contribution in [3.63, 3.8) is 0 Å². The first-order valence-corrected chi connectivity index (χ1v) is 7.03. The molecular weight excluding hydrogens is 212 g/mol. The molecule has 3 heteroatoms. The van der Waals surface area contributed by atoms with E-state index in [1.165, 1.54) is 19.3 Å². The second-order valence-electron chi connectivity index (χ2n) is 6.37. The summed E-state index contributed by atoms with van der Waals surface area (Å²) < 4.78 is 0. The highest BCUT2D eigenvalue weighted by Crippen LogP contribution is 2.41. The smallest absolute Gasteiger partial charge is 0.226 e. The zero-order valence-electron chi connectivity index (χ0n) is 11.5. The van der Waals surface area contributed by atoms with E-state index in [-0.39, 0.29) is 11.3 Å². The minimum absolute atomic E-state index is 0.194. The van der Waals surface area contributed by atoms with Gasteiger partial charge in [0, 0.05) is 31.6 Å². The molecule has 0 aromatic heterocycles. The molecule has 2 unspecified atom stereocenters. The predicted octanol–water partition coefficient (Wildman–Crippen LogP) is 2.02. The van der Waals surface area contributed by atoms with Crippen molar-refractivity contribution in [2.24, 2.45) is 11.3 Å². The molecule has 0 bridgehead atoms. The van der Waals surface area contributed by atoms with E-state index in [9.17, 15) is 4.79 Å². The molecule has 0 spiro atoms. The molecule has 0 radical (unpaired) electrons. The lowest BCUT2D eigenvalue weighted by Crippen LogP contribution is -2.55. The van der Waals surface area contributed by atoms with Crippen LogP contribution in [-0.2, 0) is 4.79 Å². The number of hydrogen-bond acceptors (Lipinski definition) is 2. The summed E-state index contributed by atoms with van der Waals surface area (Å²) in [6, 6.07) is 0.356. The largest absolute Gasteiger partial charge is 0.337 e. The van der Waals surface area contributed by atoms with Crippen LogP contribution in [0.2, 0.25) is 0 Å². The van der Waals surface area contributed by atoms with Gasteiger partial charge >= 0.3 is 0 Å². The highest BCUT2D eigenvalue weighted by molar-refractivity contribution is 5.80. The van der Waals surface area contributed by atoms with Gasteiger partial charge in [0.15, 0.2) is 0 Å². The normalized spacial score (nSPS) is 33.5. The van der Waals surface area contributed by atoms with Crippen LogP contribution in [0.25, 0.3) is 0 Å². The lowest BCUT2D eigenvalue weighted by Gasteiger charge is -2.43. The van der Waals surface area contributed by atoms with Crippen molar-refractivity contribution in [1.29, 1.82) is 0 Å². The Morgan fingerprint density at radius 1 is 1.35 bits per heavy atom. The van der Waals surface area contributed by atoms with Gasteiger partial charge in [-0.05, 0) is 25.2 Å². The fourth-order valence-corrected chi connectivity index (χ4v) is 3.32. The van der Waals surface area contributed by atoms with E-state index in [1.807, 2.05) is 0 Å². The Kier molecular flexibility index (Phi) is 3.76. The van der Waals surface area contributed by atoms with Gasteiger partial charge in [0.25, 0.3) is 0 Å². The number of rotatable bonds is 1. The summed E-state index contributed by atoms with van der Waals surface area (Å²) in [6.07, 6.45) is 4.79. The van der Waals surface area contributed by atoms with Gasteiger partial charge in [-0.25, -0.2) is 0 Å². The third-order valence-electron chi connectivity index (χ3n) is 4.59. The number of carbonyl (C=O) groups is 1. The van der Waals surface area contributed by atoms with E-state index in [1.54, 1.807) is 0 Å². The number of piperazine rings is 1. The number of hydrogen-bond donors (Lipinski definition) is 1. The fraction of sp³-hybridized carbons (Fsp3) is 0.929. The number of nitrogens with one attached hydrogen (secondary N) is 1. The summed E-state index contributed by atoms with van der Waals surface area (Å²) in [5.41, 5.74) is 0.194. The molecule has 0 aromatic rings. The van der Waals surface area contributed by atoms with E-state index in [2.05, 4.69) is 31.0 Å². The molecule has 2 rings (SSSR count). The lowest BCUT2D eigenvalue weighted by molar-refractivity contribution is -0.144. The van der Waals surface area contributed by atoms with Crippen molar-refractivity contribution < 1.29 is 4.79 Å². The molecule has 3 nitrogen and oxygen atoms in total. The maximum Gasteiger partial charge on any atom is 0.226 e. The van der Waals surface area contributed by atoms with Crippen molar-refractivity contribution in [2.75, 3.05) is 19.6 Å². The highest BCUT2D eigenvalue weighted by Gasteiger charge is 2.40. The summed E-state index contributed by atoms with van der Waals surface area (Å²) in [4.78, 5) is 14.8. The summed E-state index contributed by atoms with van der Waals surface area (Å²) in [6.45, 7) is 9.46. The van der Waals surface area contributed by atoms with E-state index < -0.39 is 0 Å². The van der Waals surface area contributed by atoms with Crippen LogP contribution in [-0.4, -0.2) is 36.5 Å². The zero-order chi connectivity index (χ0) is 12.5. The quantitative estimate of drug-likeness (QED) is 0.758. The fourth-order valence-electron chi connectivity index (χ4n) is 3.32. The molecule has 2 atom stereocenters. The molecule has 2 aliphatic rings. The maximum absolute atomic E-state index is 12.7. The molecule has 1 saturated heterocycles. The Morgan fingerprint density at radius 3 is 2.76 bits per heavy atom. The molecule has 17 heavy (non-hydrogen) atoms. The van der Waals surface area contributed by atoms with E-state index in [4.69, 9.17) is 0 Å². The average molecular weight is 238 g/mol. The SMILES string of the molecule is CC1CNCCN1C(=O)C1CCCCC1(C)C. The molecule has 1 heterocycles. The first-order chi connectivity index (χ1) is 8.02. The topological polar surface area (TPSA) is 32.3 Å². The van der Waals surface area contributed by atoms with Gasteiger partial charge in [-0.3, -0.25) is 4.79 Å². The van der Waals surface area contributed by atoms with Crippen LogP contribution in [0.15, 0.2) is 0 Å². The summed E-state index contributed by atoms with van der Waals surface area (Å²) in [5, 5.41) is 3.35. The van der Waals surface area contributed by atoms with Crippen LogP contribution in [0.5, 0.6) is 0 Å². The van der Waals surface area contributed by atoms with Crippen molar-refractivity contribution >= 4 is 5.91 Å². The molecule has 98 valence electrons. The molecule has 2 fully saturated rings. The molecule has 1 amide bonds. The first kappa shape index (κ1) is 12.9. The van der Waals surface area contributed by atoms with Crippen LogP contribution in [0.3, 0.4) is 0 Å². The molecule has 1 aliphatic carbocycles. The Bertz CT molecular complexity index is 288. The van der Waals surface area contributed by atoms with Crippen molar-refractivity contribution in [3.8, 4) is 0 Å². The van der Waals surface area contributed by atoms with Crippen LogP contribution in [0.1, 0.15) is 46.5 Å². The van der Waals surface area contributed by atoms with Gasteiger partial charge in [0.05, 0.1) is 0 Å². The summed E-state index contributed by atoms with van der Waals surface area (Å²) in [5.74, 6) is 0.653. The Morgan fingerprint density at radius 2 is 2.12 bits per heavy atom. The molecule has 1 aliphatic heterocycles. The van der Waals surface area contributed by atoms with Gasteiger partial charge in [-0.15, -0.1) is 0 Å². The number of carbonyl (C=O) groups excluding carboxylic acids is 1. The van der Waals surface area contributed by atoms with Crippen molar-refractivity contribution in [3.05, 3.63) is 0 Å². The maximum atomic E-state index is 12.7. The van der Waals surface area contributed by atoms with Crippen molar-refractivity contribution in [1.82, 2.24) is 10.2 Å². The second kappa shape index (κ2) is 4.97. The van der Waals surface area contributed by atoms with Crippen LogP contribution >= 0.6 is 0 Å². The molecule has 1 N–H and O–H groups in total. The Hall–Kier alpha value is -0.570. The van der Waals surface area contributed by atoms with Gasteiger partial charge in [0.1, 0.15) is 0 Å². The summed E-state index contributed by atoms with van der Waals surface area (Å²) >= 11 is 0. The monoisotopic (exact) mass is 238 g/mol. The second-order valence-corrected chi connectivity index (χ2v) is 6.37. The lowest BCUT2D eigenvalue weighted by atomic mass is 9.68. The van der Waals surface area contributed by atoms with Crippen LogP contribution in [0, 0.1) is 11.3 Å². The molecule has 0 aromatic carbocycles. The third kappa shape index (κ3) is 2.65. The van der Waals surface area contributed by atoms with Crippen LogP contribution < -0.4 is 5.32 Å². The van der Waals surface area contributed by atoms with Gasteiger partial charge in [-0.2, -0.15) is 0 Å². The standard InChI is InChI=1S/C14H26N2O/c1-11-10-15-8-9-16(11)13(17)12-6-4-5-7-14(12,2)3/h11-12,15H,4-10H2,1-3H3. The minimum atomic E-state index is 0.194. The van der Waals surface area contributed by atoms with E-state index in [0.717, 1.165) is 26.1 Å². The number of nitrogens with zero attached hydrogens (tertiary/aromatic N) is 1. The Labute approximate surface area is 105 Å². The van der Waals surface area contributed by atoms with Gasteiger partial charge in [-0.1, -0.05) is 26.7 Å². The van der Waals surface area contributed by atoms with Crippen molar-refractivity contribution in [2.45, 2.75) is 52.5 Å². The minimum Gasteiger partial charge on any atom is -0.337 e. The number of amides is 1. The van der Waals surface area contributed by atoms with Crippen LogP contribution in [0.4, 0.5) is 0 Å². The first-order valence-electron chi connectivity index (χ1n) is 7.03. The molecular formula is C14H26N2O. The highest BCUT2D eigenvalue weighted by atomic mass is 16.2. The van der Waals surface area contributed by atoms with E-state index >= 15 is 0 Å². The average Bonchev–Trinajstić information content (AvgIpc) is 2.28. The van der Waals surface area contributed by atoms with Gasteiger partial charge in [0.2, 0.25) is 5.91 Å². The Balaban J connectivity index is 2.07. The predicted molar refractivity (Wildman–Crippen MR) is 69.8 cm³/mol. The summed E-state index contributed by atoms with van der Waals surface area (Å²) in [7, 11) is 0. The van der Waals surface area contributed by atoms with E-state index in [0.29, 0.717) is 11.9 Å². The van der Waals surface area contributed by atoms with Gasteiger partial charge < -0.3 is 10.2 Å².